The summed E-state index contributed by atoms with van der Waals surface area (Å²) in [4.78, 5) is 5.18. The average Bonchev–Trinajstić information content (AvgIpc) is 3.05. The molecule has 1 fully saturated rings. The van der Waals surface area contributed by atoms with E-state index in [2.05, 4.69) is 4.98 Å². The van der Waals surface area contributed by atoms with Crippen molar-refractivity contribution in [2.45, 2.75) is 11.1 Å². The van der Waals surface area contributed by atoms with Gasteiger partial charge in [-0.1, -0.05) is 11.6 Å². The maximum atomic E-state index is 12.7. The molecule has 2 heterocycles. The molecule has 12 heteroatoms. The van der Waals surface area contributed by atoms with Crippen molar-refractivity contribution in [2.75, 3.05) is 36.8 Å². The molecule has 0 aliphatic carbocycles. The summed E-state index contributed by atoms with van der Waals surface area (Å²) in [5, 5.41) is 1.20. The average molecular weight is 427 g/mol. The topological polar surface area (TPSA) is 79.5 Å². The van der Waals surface area contributed by atoms with Crippen molar-refractivity contribution in [3.8, 4) is 0 Å². The number of nitrogen functional groups attached to an aromatic ring is 1. The molecule has 0 saturated carbocycles. The van der Waals surface area contributed by atoms with Crippen molar-refractivity contribution in [3.05, 3.63) is 34.3 Å². The normalized spacial score (nSPS) is 16.8. The van der Waals surface area contributed by atoms with Crippen LogP contribution in [0.2, 0.25) is 5.02 Å². The number of anilines is 2. The van der Waals surface area contributed by atoms with E-state index in [0.717, 1.165) is 16.7 Å². The lowest BCUT2D eigenvalue weighted by atomic mass is 10.3. The molecule has 2 aromatic rings. The first-order chi connectivity index (χ1) is 12.1. The van der Waals surface area contributed by atoms with E-state index in [1.54, 1.807) is 4.90 Å². The maximum absolute atomic E-state index is 12.7. The predicted molar refractivity (Wildman–Crippen MR) is 94.0 cm³/mol. The van der Waals surface area contributed by atoms with Crippen LogP contribution in [0.25, 0.3) is 0 Å². The van der Waals surface area contributed by atoms with Gasteiger partial charge in [-0.05, 0) is 18.2 Å². The Morgan fingerprint density at radius 2 is 1.85 bits per heavy atom. The van der Waals surface area contributed by atoms with Crippen molar-refractivity contribution < 1.29 is 21.6 Å². The summed E-state index contributed by atoms with van der Waals surface area (Å²) in [6.07, 6.45) is -4.49. The number of nitrogens with zero attached hydrogens (tertiary/aromatic N) is 3. The molecule has 1 aliphatic heterocycles. The molecule has 1 aromatic carbocycles. The minimum absolute atomic E-state index is 0.0298. The van der Waals surface area contributed by atoms with Crippen molar-refractivity contribution in [3.63, 3.8) is 0 Å². The number of thiazole rings is 1. The van der Waals surface area contributed by atoms with E-state index in [1.807, 2.05) is 0 Å². The van der Waals surface area contributed by atoms with Gasteiger partial charge in [-0.15, -0.1) is 11.3 Å². The second-order valence-corrected chi connectivity index (χ2v) is 8.74. The second-order valence-electron chi connectivity index (χ2n) is 5.59. The van der Waals surface area contributed by atoms with Crippen LogP contribution in [-0.4, -0.2) is 43.9 Å². The van der Waals surface area contributed by atoms with Gasteiger partial charge in [0.2, 0.25) is 10.0 Å². The van der Waals surface area contributed by atoms with Crippen LogP contribution in [0, 0.1) is 0 Å². The zero-order chi connectivity index (χ0) is 19.1. The van der Waals surface area contributed by atoms with Gasteiger partial charge in [0.15, 0.2) is 10.8 Å². The van der Waals surface area contributed by atoms with E-state index < -0.39 is 21.9 Å². The highest BCUT2D eigenvalue weighted by Crippen LogP contribution is 2.34. The van der Waals surface area contributed by atoms with Crippen molar-refractivity contribution >= 4 is 43.8 Å². The molecule has 6 nitrogen and oxygen atoms in total. The van der Waals surface area contributed by atoms with Gasteiger partial charge in [0.25, 0.3) is 0 Å². The Kier molecular flexibility index (Phi) is 5.08. The molecule has 26 heavy (non-hydrogen) atoms. The lowest BCUT2D eigenvalue weighted by Gasteiger charge is -2.33. The Morgan fingerprint density at radius 3 is 2.38 bits per heavy atom. The summed E-state index contributed by atoms with van der Waals surface area (Å²) in [7, 11) is -3.81. The molecule has 1 aromatic heterocycles. The Bertz CT molecular complexity index is 909. The summed E-state index contributed by atoms with van der Waals surface area (Å²) in [5.41, 5.74) is 4.99. The van der Waals surface area contributed by atoms with E-state index in [1.165, 1.54) is 22.5 Å². The molecule has 0 unspecified atom stereocenters. The van der Waals surface area contributed by atoms with Gasteiger partial charge < -0.3 is 10.6 Å². The number of sulfonamides is 1. The van der Waals surface area contributed by atoms with Crippen LogP contribution in [0.5, 0.6) is 0 Å². The molecular formula is C14H14ClF3N4O2S2. The molecule has 142 valence electrons. The molecule has 2 N–H and O–H groups in total. The fourth-order valence-corrected chi connectivity index (χ4v) is 5.36. The minimum atomic E-state index is -4.49. The van der Waals surface area contributed by atoms with Gasteiger partial charge in [0.1, 0.15) is 4.90 Å². The van der Waals surface area contributed by atoms with Gasteiger partial charge in [-0.3, -0.25) is 0 Å². The number of aromatic nitrogens is 1. The summed E-state index contributed by atoms with van der Waals surface area (Å²) in [5.74, 6) is 0. The summed E-state index contributed by atoms with van der Waals surface area (Å²) in [6.45, 7) is 0.696. The Balaban J connectivity index is 1.73. The molecular weight excluding hydrogens is 413 g/mol. The van der Waals surface area contributed by atoms with E-state index in [9.17, 15) is 21.6 Å². The van der Waals surface area contributed by atoms with Crippen LogP contribution in [0.15, 0.2) is 28.5 Å². The standard InChI is InChI=1S/C14H14ClF3N4O2S2/c15-10-7-9(19)1-2-11(10)26(23,24)22-5-3-21(4-6-22)13-20-12(8-25-13)14(16,17)18/h1-2,7-8H,3-6,19H2. The largest absolute Gasteiger partial charge is 0.434 e. The lowest BCUT2D eigenvalue weighted by Crippen LogP contribution is -2.48. The Morgan fingerprint density at radius 1 is 1.19 bits per heavy atom. The number of nitrogens with two attached hydrogens (primary N) is 1. The van der Waals surface area contributed by atoms with Crippen LogP contribution in [0.4, 0.5) is 24.0 Å². The van der Waals surface area contributed by atoms with E-state index in [-0.39, 0.29) is 41.2 Å². The van der Waals surface area contributed by atoms with Gasteiger partial charge in [-0.25, -0.2) is 13.4 Å². The molecule has 0 spiro atoms. The SMILES string of the molecule is Nc1ccc(S(=O)(=O)N2CCN(c3nc(C(F)(F)F)cs3)CC2)c(Cl)c1. The van der Waals surface area contributed by atoms with Crippen LogP contribution < -0.4 is 10.6 Å². The fraction of sp³-hybridized carbons (Fsp3) is 0.357. The van der Waals surface area contributed by atoms with Crippen molar-refractivity contribution in [1.29, 1.82) is 0 Å². The van der Waals surface area contributed by atoms with Gasteiger partial charge >= 0.3 is 6.18 Å². The number of piperazine rings is 1. The number of benzene rings is 1. The molecule has 3 rings (SSSR count). The van der Waals surface area contributed by atoms with Gasteiger partial charge in [-0.2, -0.15) is 17.5 Å². The molecule has 1 saturated heterocycles. The van der Waals surface area contributed by atoms with Crippen LogP contribution in [0.1, 0.15) is 5.69 Å². The van der Waals surface area contributed by atoms with E-state index in [4.69, 9.17) is 17.3 Å². The number of rotatable bonds is 3. The first-order valence-electron chi connectivity index (χ1n) is 7.42. The third-order valence-corrected chi connectivity index (χ3v) is 7.15. The third kappa shape index (κ3) is 3.75. The fourth-order valence-electron chi connectivity index (χ4n) is 2.52. The zero-order valence-corrected chi connectivity index (χ0v) is 15.6. The zero-order valence-electron chi connectivity index (χ0n) is 13.2. The van der Waals surface area contributed by atoms with E-state index >= 15 is 0 Å². The van der Waals surface area contributed by atoms with Gasteiger partial charge in [0.05, 0.1) is 5.02 Å². The Labute approximate surface area is 157 Å². The number of halogens is 4. The molecule has 1 aliphatic rings. The van der Waals surface area contributed by atoms with Gasteiger partial charge in [0, 0.05) is 37.2 Å². The summed E-state index contributed by atoms with van der Waals surface area (Å²) < 4.78 is 64.7. The Hall–Kier alpha value is -1.56. The number of hydrogen-bond acceptors (Lipinski definition) is 6. The maximum Gasteiger partial charge on any atom is 0.434 e. The van der Waals surface area contributed by atoms with Crippen LogP contribution >= 0.6 is 22.9 Å². The molecule has 0 bridgehead atoms. The quantitative estimate of drug-likeness (QED) is 0.763. The molecule has 0 amide bonds. The first kappa shape index (κ1) is 19.2. The van der Waals surface area contributed by atoms with Crippen LogP contribution in [-0.2, 0) is 16.2 Å². The number of hydrogen-bond donors (Lipinski definition) is 1. The first-order valence-corrected chi connectivity index (χ1v) is 10.1. The summed E-state index contributed by atoms with van der Waals surface area (Å²) in [6, 6.07) is 4.15. The number of alkyl halides is 3. The smallest absolute Gasteiger partial charge is 0.399 e. The third-order valence-electron chi connectivity index (χ3n) is 3.87. The highest BCUT2D eigenvalue weighted by Gasteiger charge is 2.35. The monoisotopic (exact) mass is 426 g/mol. The van der Waals surface area contributed by atoms with Crippen LogP contribution in [0.3, 0.4) is 0 Å². The highest BCUT2D eigenvalue weighted by molar-refractivity contribution is 7.89. The predicted octanol–water partition coefficient (Wildman–Crippen LogP) is 2.91. The minimum Gasteiger partial charge on any atom is -0.399 e. The summed E-state index contributed by atoms with van der Waals surface area (Å²) >= 11 is 6.88. The van der Waals surface area contributed by atoms with E-state index in [0.29, 0.717) is 5.69 Å². The van der Waals surface area contributed by atoms with Crippen molar-refractivity contribution in [1.82, 2.24) is 9.29 Å². The molecule has 0 atom stereocenters. The lowest BCUT2D eigenvalue weighted by molar-refractivity contribution is -0.140. The van der Waals surface area contributed by atoms with Crippen molar-refractivity contribution in [2.24, 2.45) is 0 Å². The second kappa shape index (κ2) is 6.87. The highest BCUT2D eigenvalue weighted by atomic mass is 35.5. The molecule has 0 radical (unpaired) electrons.